The minimum atomic E-state index is -1.20. The molecule has 0 unspecified atom stereocenters. The van der Waals surface area contributed by atoms with E-state index in [1.807, 2.05) is 13.0 Å². The number of carbonyl (C=O) groups excluding carboxylic acids is 2. The number of carbonyl (C=O) groups is 2. The average molecular weight is 631 g/mol. The number of nitriles is 1. The van der Waals surface area contributed by atoms with Crippen molar-refractivity contribution in [2.75, 3.05) is 44.6 Å². The first-order valence-electron chi connectivity index (χ1n) is 15.0. The van der Waals surface area contributed by atoms with Crippen LogP contribution in [0.3, 0.4) is 0 Å². The zero-order valence-corrected chi connectivity index (χ0v) is 25.0. The molecule has 2 aromatic carbocycles. The van der Waals surface area contributed by atoms with Crippen LogP contribution in [0.1, 0.15) is 29.3 Å². The van der Waals surface area contributed by atoms with Crippen LogP contribution in [0.5, 0.6) is 5.75 Å². The molecule has 2 amide bonds. The molecule has 0 spiro atoms. The van der Waals surface area contributed by atoms with Gasteiger partial charge >= 0.3 is 0 Å². The first kappa shape index (κ1) is 30.9. The number of nitrogens with zero attached hydrogens (tertiary/aromatic N) is 6. The van der Waals surface area contributed by atoms with Crippen molar-refractivity contribution in [2.24, 2.45) is 0 Å². The van der Waals surface area contributed by atoms with Gasteiger partial charge in [0.05, 0.1) is 24.0 Å². The summed E-state index contributed by atoms with van der Waals surface area (Å²) >= 11 is 0. The van der Waals surface area contributed by atoms with Crippen molar-refractivity contribution in [2.45, 2.75) is 31.9 Å². The predicted molar refractivity (Wildman–Crippen MR) is 163 cm³/mol. The maximum Gasteiger partial charge on any atom is 0.254 e. The number of hydrogen-bond acceptors (Lipinski definition) is 9. The molecule has 0 saturated carbocycles. The van der Waals surface area contributed by atoms with Gasteiger partial charge < -0.3 is 30.3 Å². The number of fused-ring (bicyclic) bond motifs is 1. The number of nitrogens with one attached hydrogen (secondary N) is 2. The Labute approximate surface area is 263 Å². The fourth-order valence-electron chi connectivity index (χ4n) is 5.89. The normalized spacial score (nSPS) is 18.1. The summed E-state index contributed by atoms with van der Waals surface area (Å²) in [5.41, 5.74) is 2.68. The van der Waals surface area contributed by atoms with E-state index in [0.717, 1.165) is 5.56 Å². The number of piperazine rings is 1. The Bertz CT molecular complexity index is 1830. The highest BCUT2D eigenvalue weighted by Crippen LogP contribution is 2.32. The Morgan fingerprint density at radius 1 is 1.13 bits per heavy atom. The van der Waals surface area contributed by atoms with Gasteiger partial charge in [-0.3, -0.25) is 14.0 Å². The maximum absolute atomic E-state index is 15.0. The Hall–Kier alpha value is -5.13. The van der Waals surface area contributed by atoms with Crippen LogP contribution < -0.4 is 15.4 Å². The molecule has 2 aliphatic heterocycles. The number of aromatic nitrogens is 3. The maximum atomic E-state index is 15.0. The van der Waals surface area contributed by atoms with Crippen molar-refractivity contribution in [3.63, 3.8) is 0 Å². The van der Waals surface area contributed by atoms with Crippen molar-refractivity contribution in [3.8, 4) is 23.1 Å². The van der Waals surface area contributed by atoms with Crippen molar-refractivity contribution in [1.82, 2.24) is 29.5 Å². The van der Waals surface area contributed by atoms with E-state index in [-0.39, 0.29) is 34.9 Å². The van der Waals surface area contributed by atoms with Gasteiger partial charge in [0.2, 0.25) is 11.7 Å². The van der Waals surface area contributed by atoms with Crippen molar-refractivity contribution in [1.29, 1.82) is 5.26 Å². The van der Waals surface area contributed by atoms with E-state index >= 15 is 4.39 Å². The Morgan fingerprint density at radius 2 is 1.91 bits per heavy atom. The molecule has 2 fully saturated rings. The third-order valence-electron chi connectivity index (χ3n) is 8.31. The molecule has 0 bridgehead atoms. The predicted octanol–water partition coefficient (Wildman–Crippen LogP) is 2.89. The molecule has 12 nitrogen and oxygen atoms in total. The molecule has 2 aliphatic rings. The van der Waals surface area contributed by atoms with Crippen molar-refractivity contribution >= 4 is 29.0 Å². The first-order chi connectivity index (χ1) is 22.3. The standard InChI is InChI=1S/C32H32F2N8O4/c1-2-19-15-20(3-4-22(19)31(44)40-10-12-41(13-11-40)32(45)24-16-21(43)17-37-24)39-29-30-38-18-25(42(30)9-8-36-29)23-5-6-26(46-14-7-35)28(34)27(23)33/h3-6,8-9,15,18,21,24,37,43H,2,10-14,16-17H2,1H3,(H,36,39)/t21-,24+/m1/s1. The lowest BCUT2D eigenvalue weighted by Crippen LogP contribution is -2.54. The van der Waals surface area contributed by atoms with Crippen molar-refractivity contribution < 1.29 is 28.2 Å². The Balaban J connectivity index is 1.17. The van der Waals surface area contributed by atoms with Crippen LogP contribution in [-0.2, 0) is 11.2 Å². The molecule has 0 aliphatic carbocycles. The van der Waals surface area contributed by atoms with Gasteiger partial charge in [-0.15, -0.1) is 0 Å². The summed E-state index contributed by atoms with van der Waals surface area (Å²) in [6.07, 6.45) is 4.98. The highest BCUT2D eigenvalue weighted by atomic mass is 19.2. The van der Waals surface area contributed by atoms with Crippen LogP contribution in [0.4, 0.5) is 20.3 Å². The summed E-state index contributed by atoms with van der Waals surface area (Å²) in [6, 6.07) is 9.36. The molecule has 2 aromatic heterocycles. The summed E-state index contributed by atoms with van der Waals surface area (Å²) in [7, 11) is 0. The second kappa shape index (κ2) is 13.1. The van der Waals surface area contributed by atoms with Crippen LogP contribution in [0.2, 0.25) is 0 Å². The molecule has 2 atom stereocenters. The minimum absolute atomic E-state index is 0.0400. The number of β-amino-alcohol motifs (C(OH)–C–C–N with tert-alkyl or cyclic N) is 1. The second-order valence-electron chi connectivity index (χ2n) is 11.1. The van der Waals surface area contributed by atoms with Gasteiger partial charge in [0.15, 0.2) is 29.6 Å². The van der Waals surface area contributed by atoms with Crippen LogP contribution in [0, 0.1) is 23.0 Å². The number of ether oxygens (including phenoxy) is 1. The lowest BCUT2D eigenvalue weighted by molar-refractivity contribution is -0.134. The fourth-order valence-corrected chi connectivity index (χ4v) is 5.89. The third kappa shape index (κ3) is 5.94. The van der Waals surface area contributed by atoms with Gasteiger partial charge in [0, 0.05) is 61.9 Å². The molecule has 46 heavy (non-hydrogen) atoms. The van der Waals surface area contributed by atoms with Gasteiger partial charge in [-0.25, -0.2) is 14.4 Å². The van der Waals surface area contributed by atoms with E-state index in [0.29, 0.717) is 68.3 Å². The monoisotopic (exact) mass is 630 g/mol. The molecular formula is C32H32F2N8O4. The summed E-state index contributed by atoms with van der Waals surface area (Å²) in [4.78, 5) is 38.6. The molecule has 4 heterocycles. The zero-order valence-electron chi connectivity index (χ0n) is 25.0. The molecule has 4 aromatic rings. The van der Waals surface area contributed by atoms with Gasteiger partial charge in [0.1, 0.15) is 6.07 Å². The van der Waals surface area contributed by atoms with Crippen LogP contribution >= 0.6 is 0 Å². The van der Waals surface area contributed by atoms with Crippen LogP contribution in [0.15, 0.2) is 48.9 Å². The lowest BCUT2D eigenvalue weighted by atomic mass is 10.0. The largest absolute Gasteiger partial charge is 0.476 e. The molecular weight excluding hydrogens is 598 g/mol. The summed E-state index contributed by atoms with van der Waals surface area (Å²) in [5.74, 6) is -2.47. The lowest BCUT2D eigenvalue weighted by Gasteiger charge is -2.36. The quantitative estimate of drug-likeness (QED) is 0.267. The second-order valence-corrected chi connectivity index (χ2v) is 11.1. The zero-order chi connectivity index (χ0) is 32.4. The highest BCUT2D eigenvalue weighted by molar-refractivity contribution is 5.96. The van der Waals surface area contributed by atoms with Gasteiger partial charge in [-0.1, -0.05) is 6.92 Å². The molecule has 6 rings (SSSR count). The van der Waals surface area contributed by atoms with E-state index in [4.69, 9.17) is 10.00 Å². The van der Waals surface area contributed by atoms with Crippen LogP contribution in [-0.4, -0.2) is 92.6 Å². The average Bonchev–Trinajstić information content (AvgIpc) is 3.72. The summed E-state index contributed by atoms with van der Waals surface area (Å²) in [6.45, 7) is 3.64. The molecule has 2 saturated heterocycles. The number of anilines is 2. The van der Waals surface area contributed by atoms with Gasteiger partial charge in [-0.05, 0) is 48.7 Å². The van der Waals surface area contributed by atoms with E-state index in [2.05, 4.69) is 20.6 Å². The van der Waals surface area contributed by atoms with Gasteiger partial charge in [-0.2, -0.15) is 9.65 Å². The summed E-state index contributed by atoms with van der Waals surface area (Å²) in [5, 5.41) is 24.7. The van der Waals surface area contributed by atoms with Crippen molar-refractivity contribution in [3.05, 3.63) is 71.7 Å². The molecule has 14 heteroatoms. The van der Waals surface area contributed by atoms with E-state index in [1.54, 1.807) is 38.6 Å². The third-order valence-corrected chi connectivity index (χ3v) is 8.31. The first-order valence-corrected chi connectivity index (χ1v) is 15.0. The molecule has 0 radical (unpaired) electrons. The number of aryl methyl sites for hydroxylation is 1. The number of rotatable bonds is 8. The minimum Gasteiger partial charge on any atom is -0.476 e. The number of benzene rings is 2. The SMILES string of the molecule is CCc1cc(Nc2nccn3c(-c4ccc(OCC#N)c(F)c4F)cnc23)ccc1C(=O)N1CCN(C(=O)[C@@H]2C[C@@H](O)CN2)CC1. The number of hydrogen-bond donors (Lipinski definition) is 3. The highest BCUT2D eigenvalue weighted by Gasteiger charge is 2.34. The number of imidazole rings is 1. The fraction of sp³-hybridized carbons (Fsp3) is 0.344. The van der Waals surface area contributed by atoms with E-state index in [1.165, 1.54) is 24.5 Å². The number of aliphatic hydroxyl groups excluding tert-OH is 1. The number of halogens is 2. The smallest absolute Gasteiger partial charge is 0.254 e. The molecule has 3 N–H and O–H groups in total. The summed E-state index contributed by atoms with van der Waals surface area (Å²) < 4.78 is 36.2. The Morgan fingerprint density at radius 3 is 2.63 bits per heavy atom. The van der Waals surface area contributed by atoms with E-state index in [9.17, 15) is 19.1 Å². The molecule has 238 valence electrons. The number of amides is 2. The Kier molecular flexibility index (Phi) is 8.78. The number of aliphatic hydroxyl groups is 1. The topological polar surface area (TPSA) is 148 Å². The van der Waals surface area contributed by atoms with Gasteiger partial charge in [0.25, 0.3) is 5.91 Å². The van der Waals surface area contributed by atoms with E-state index < -0.39 is 24.3 Å². The van der Waals surface area contributed by atoms with Crippen LogP contribution in [0.25, 0.3) is 16.9 Å².